The number of nitrogens with zero attached hydrogens (tertiary/aromatic N) is 2. The van der Waals surface area contributed by atoms with E-state index in [0.29, 0.717) is 16.3 Å². The van der Waals surface area contributed by atoms with Crippen LogP contribution >= 0.6 is 11.6 Å². The van der Waals surface area contributed by atoms with Gasteiger partial charge in [0.15, 0.2) is 0 Å². The lowest BCUT2D eigenvalue weighted by molar-refractivity contribution is -0.136. The highest BCUT2D eigenvalue weighted by molar-refractivity contribution is 6.40. The van der Waals surface area contributed by atoms with Crippen molar-refractivity contribution in [2.75, 3.05) is 24.3 Å². The Kier molecular flexibility index (Phi) is 6.14. The van der Waals surface area contributed by atoms with Gasteiger partial charge in [-0.1, -0.05) is 29.8 Å². The monoisotopic (exact) mass is 358 g/mol. The molecule has 7 heteroatoms. The third-order valence-corrected chi connectivity index (χ3v) is 3.92. The molecular formula is C18H19ClN4O2. The van der Waals surface area contributed by atoms with E-state index in [2.05, 4.69) is 15.8 Å². The van der Waals surface area contributed by atoms with Gasteiger partial charge in [-0.05, 0) is 42.3 Å². The van der Waals surface area contributed by atoms with Crippen LogP contribution in [-0.2, 0) is 9.59 Å². The molecule has 6 nitrogen and oxygen atoms in total. The number of anilines is 2. The Bertz CT molecular complexity index is 801. The molecule has 0 unspecified atom stereocenters. The van der Waals surface area contributed by atoms with Gasteiger partial charge in [-0.2, -0.15) is 5.10 Å². The first-order valence-corrected chi connectivity index (χ1v) is 7.93. The fourth-order valence-corrected chi connectivity index (χ4v) is 2.17. The molecule has 0 aliphatic rings. The zero-order chi connectivity index (χ0) is 18.4. The van der Waals surface area contributed by atoms with Crippen LogP contribution in [0.4, 0.5) is 11.4 Å². The molecule has 0 saturated carbocycles. The molecule has 25 heavy (non-hydrogen) atoms. The molecule has 130 valence electrons. The molecule has 0 atom stereocenters. The normalized spacial score (nSPS) is 10.6. The summed E-state index contributed by atoms with van der Waals surface area (Å²) in [6.07, 6.45) is 1.47. The summed E-state index contributed by atoms with van der Waals surface area (Å²) in [6.45, 7) is 1.76. The minimum atomic E-state index is -0.861. The Morgan fingerprint density at radius 1 is 1.08 bits per heavy atom. The quantitative estimate of drug-likeness (QED) is 0.501. The fraction of sp³-hybridized carbons (Fsp3) is 0.167. The molecule has 0 aromatic heterocycles. The Hall–Kier alpha value is -2.86. The van der Waals surface area contributed by atoms with Crippen molar-refractivity contribution in [3.05, 3.63) is 58.6 Å². The van der Waals surface area contributed by atoms with E-state index >= 15 is 0 Å². The molecule has 2 aromatic carbocycles. The van der Waals surface area contributed by atoms with Gasteiger partial charge < -0.3 is 10.2 Å². The van der Waals surface area contributed by atoms with E-state index in [-0.39, 0.29) is 0 Å². The summed E-state index contributed by atoms with van der Waals surface area (Å²) in [6, 6.07) is 12.6. The molecule has 0 spiro atoms. The predicted octanol–water partition coefficient (Wildman–Crippen LogP) is 2.80. The molecule has 2 rings (SSSR count). The highest BCUT2D eigenvalue weighted by Gasteiger charge is 2.14. The second-order valence-corrected chi connectivity index (χ2v) is 5.96. The van der Waals surface area contributed by atoms with Crippen LogP contribution in [0.25, 0.3) is 0 Å². The van der Waals surface area contributed by atoms with Crippen molar-refractivity contribution in [1.29, 1.82) is 0 Å². The van der Waals surface area contributed by atoms with Crippen LogP contribution in [0.15, 0.2) is 47.6 Å². The molecule has 2 N–H and O–H groups in total. The number of hydrogen-bond donors (Lipinski definition) is 2. The summed E-state index contributed by atoms with van der Waals surface area (Å²) in [5.74, 6) is -1.67. The Balaban J connectivity index is 1.92. The number of rotatable bonds is 4. The number of carbonyl (C=O) groups excluding carboxylic acids is 2. The standard InChI is InChI=1S/C18H19ClN4O2/c1-12-15(19)5-4-6-16(12)21-17(24)18(25)22-20-11-13-7-9-14(10-8-13)23(2)3/h4-11H,1-3H3,(H,21,24)(H,22,25)/b20-11+. The smallest absolute Gasteiger partial charge is 0.329 e. The van der Waals surface area contributed by atoms with Crippen molar-refractivity contribution in [1.82, 2.24) is 5.43 Å². The van der Waals surface area contributed by atoms with E-state index in [1.54, 1.807) is 25.1 Å². The summed E-state index contributed by atoms with van der Waals surface area (Å²) in [5, 5.41) is 6.81. The van der Waals surface area contributed by atoms with Crippen molar-refractivity contribution in [3.63, 3.8) is 0 Å². The van der Waals surface area contributed by atoms with E-state index in [9.17, 15) is 9.59 Å². The van der Waals surface area contributed by atoms with Gasteiger partial charge in [-0.25, -0.2) is 5.43 Å². The second kappa shape index (κ2) is 8.30. The van der Waals surface area contributed by atoms with Crippen LogP contribution in [-0.4, -0.2) is 32.1 Å². The molecule has 2 aromatic rings. The van der Waals surface area contributed by atoms with Gasteiger partial charge >= 0.3 is 11.8 Å². The third-order valence-electron chi connectivity index (χ3n) is 3.51. The molecule has 2 amide bonds. The summed E-state index contributed by atoms with van der Waals surface area (Å²) in [4.78, 5) is 25.7. The van der Waals surface area contributed by atoms with Gasteiger partial charge in [0.1, 0.15) is 0 Å². The SMILES string of the molecule is Cc1c(Cl)cccc1NC(=O)C(=O)N/N=C/c1ccc(N(C)C)cc1. The summed E-state index contributed by atoms with van der Waals surface area (Å²) >= 11 is 5.98. The van der Waals surface area contributed by atoms with Crippen LogP contribution in [0.1, 0.15) is 11.1 Å². The molecule has 0 heterocycles. The number of amides is 2. The van der Waals surface area contributed by atoms with Crippen LogP contribution in [0.2, 0.25) is 5.02 Å². The van der Waals surface area contributed by atoms with Crippen molar-refractivity contribution in [3.8, 4) is 0 Å². The van der Waals surface area contributed by atoms with E-state index < -0.39 is 11.8 Å². The first-order chi connectivity index (χ1) is 11.9. The zero-order valence-electron chi connectivity index (χ0n) is 14.2. The Morgan fingerprint density at radius 2 is 1.76 bits per heavy atom. The van der Waals surface area contributed by atoms with Crippen molar-refractivity contribution < 1.29 is 9.59 Å². The van der Waals surface area contributed by atoms with Gasteiger partial charge in [0.05, 0.1) is 6.21 Å². The highest BCUT2D eigenvalue weighted by atomic mass is 35.5. The molecule has 0 radical (unpaired) electrons. The highest BCUT2D eigenvalue weighted by Crippen LogP contribution is 2.22. The number of carbonyl (C=O) groups is 2. The molecule has 0 fully saturated rings. The van der Waals surface area contributed by atoms with Gasteiger partial charge in [0.2, 0.25) is 0 Å². The average molecular weight is 359 g/mol. The fourth-order valence-electron chi connectivity index (χ4n) is 2.00. The molecule has 0 aliphatic heterocycles. The maximum atomic E-state index is 11.9. The minimum absolute atomic E-state index is 0.482. The van der Waals surface area contributed by atoms with Crippen molar-refractivity contribution >= 4 is 41.0 Å². The lowest BCUT2D eigenvalue weighted by Crippen LogP contribution is -2.32. The maximum absolute atomic E-state index is 11.9. The van der Waals surface area contributed by atoms with Crippen LogP contribution in [0.5, 0.6) is 0 Å². The number of halogens is 1. The van der Waals surface area contributed by atoms with E-state index in [1.165, 1.54) is 6.21 Å². The molecule has 0 saturated heterocycles. The molecule has 0 aliphatic carbocycles. The van der Waals surface area contributed by atoms with Crippen LogP contribution in [0, 0.1) is 6.92 Å². The first-order valence-electron chi connectivity index (χ1n) is 7.55. The topological polar surface area (TPSA) is 73.8 Å². The van der Waals surface area contributed by atoms with E-state index in [0.717, 1.165) is 11.3 Å². The zero-order valence-corrected chi connectivity index (χ0v) is 15.0. The number of hydrazone groups is 1. The van der Waals surface area contributed by atoms with Crippen molar-refractivity contribution in [2.24, 2.45) is 5.10 Å². The van der Waals surface area contributed by atoms with Gasteiger partial charge in [-0.3, -0.25) is 9.59 Å². The second-order valence-electron chi connectivity index (χ2n) is 5.55. The lowest BCUT2D eigenvalue weighted by Gasteiger charge is -2.11. The minimum Gasteiger partial charge on any atom is -0.378 e. The maximum Gasteiger partial charge on any atom is 0.329 e. The van der Waals surface area contributed by atoms with Crippen LogP contribution in [0.3, 0.4) is 0 Å². The van der Waals surface area contributed by atoms with Gasteiger partial charge in [0, 0.05) is 30.5 Å². The Morgan fingerprint density at radius 3 is 2.40 bits per heavy atom. The number of nitrogens with one attached hydrogen (secondary N) is 2. The lowest BCUT2D eigenvalue weighted by atomic mass is 10.2. The summed E-state index contributed by atoms with van der Waals surface area (Å²) < 4.78 is 0. The van der Waals surface area contributed by atoms with Gasteiger partial charge in [0.25, 0.3) is 0 Å². The molecular weight excluding hydrogens is 340 g/mol. The van der Waals surface area contributed by atoms with E-state index in [4.69, 9.17) is 11.6 Å². The predicted molar refractivity (Wildman–Crippen MR) is 101 cm³/mol. The van der Waals surface area contributed by atoms with Crippen molar-refractivity contribution in [2.45, 2.75) is 6.92 Å². The third kappa shape index (κ3) is 5.06. The molecule has 0 bridgehead atoms. The number of hydrogen-bond acceptors (Lipinski definition) is 4. The van der Waals surface area contributed by atoms with E-state index in [1.807, 2.05) is 43.3 Å². The summed E-state index contributed by atoms with van der Waals surface area (Å²) in [5.41, 5.74) is 5.23. The summed E-state index contributed by atoms with van der Waals surface area (Å²) in [7, 11) is 3.90. The number of benzene rings is 2. The van der Waals surface area contributed by atoms with Gasteiger partial charge in [-0.15, -0.1) is 0 Å². The van der Waals surface area contributed by atoms with Crippen LogP contribution < -0.4 is 15.6 Å². The average Bonchev–Trinajstić information content (AvgIpc) is 2.59. The first kappa shape index (κ1) is 18.5. The Labute approximate surface area is 151 Å². The largest absolute Gasteiger partial charge is 0.378 e.